The van der Waals surface area contributed by atoms with E-state index in [-0.39, 0.29) is 6.61 Å². The van der Waals surface area contributed by atoms with E-state index in [4.69, 9.17) is 21.4 Å². The summed E-state index contributed by atoms with van der Waals surface area (Å²) in [6.07, 6.45) is 2.99. The van der Waals surface area contributed by atoms with Crippen molar-refractivity contribution in [3.05, 3.63) is 29.3 Å². The first kappa shape index (κ1) is 20.6. The lowest BCUT2D eigenvalue weighted by atomic mass is 10.0. The van der Waals surface area contributed by atoms with Gasteiger partial charge in [-0.3, -0.25) is 4.99 Å². The van der Waals surface area contributed by atoms with Gasteiger partial charge < -0.3 is 20.5 Å². The number of benzene rings is 1. The summed E-state index contributed by atoms with van der Waals surface area (Å²) in [7, 11) is 0. The number of aliphatic hydroxyl groups is 1. The number of rotatable bonds is 11. The highest BCUT2D eigenvalue weighted by atomic mass is 35.5. The number of aliphatic hydroxyl groups excluding tert-OH is 1. The summed E-state index contributed by atoms with van der Waals surface area (Å²) in [6.45, 7) is 7.12. The third-order valence-corrected chi connectivity index (χ3v) is 3.78. The molecular weight excluding hydrogens is 326 g/mol. The second-order valence-corrected chi connectivity index (χ2v) is 6.06. The Morgan fingerprint density at radius 3 is 2.79 bits per heavy atom. The molecule has 1 aromatic rings. The molecule has 0 saturated heterocycles. The minimum absolute atomic E-state index is 0.220. The van der Waals surface area contributed by atoms with Crippen LogP contribution in [-0.2, 0) is 0 Å². The van der Waals surface area contributed by atoms with Gasteiger partial charge in [0, 0.05) is 24.7 Å². The Balaban J connectivity index is 2.39. The molecule has 24 heavy (non-hydrogen) atoms. The van der Waals surface area contributed by atoms with E-state index in [1.165, 1.54) is 0 Å². The van der Waals surface area contributed by atoms with Crippen LogP contribution in [0.25, 0.3) is 0 Å². The second-order valence-electron chi connectivity index (χ2n) is 5.62. The molecule has 0 heterocycles. The summed E-state index contributed by atoms with van der Waals surface area (Å²) in [4.78, 5) is 4.62. The predicted molar refractivity (Wildman–Crippen MR) is 101 cm³/mol. The summed E-state index contributed by atoms with van der Waals surface area (Å²) in [5.74, 6) is 1.97. The van der Waals surface area contributed by atoms with Gasteiger partial charge >= 0.3 is 0 Å². The van der Waals surface area contributed by atoms with E-state index in [2.05, 4.69) is 22.5 Å². The van der Waals surface area contributed by atoms with Crippen LogP contribution in [0.2, 0.25) is 5.02 Å². The maximum Gasteiger partial charge on any atom is 0.191 e. The molecule has 0 bridgehead atoms. The lowest BCUT2D eigenvalue weighted by Crippen LogP contribution is -2.39. The van der Waals surface area contributed by atoms with Gasteiger partial charge in [-0.25, -0.2) is 0 Å². The summed E-state index contributed by atoms with van der Waals surface area (Å²) in [5.41, 5.74) is 0. The van der Waals surface area contributed by atoms with E-state index in [1.807, 2.05) is 25.1 Å². The Kier molecular flexibility index (Phi) is 11.1. The number of hydrogen-bond donors (Lipinski definition) is 3. The number of hydrogen-bond acceptors (Lipinski definition) is 3. The van der Waals surface area contributed by atoms with Crippen LogP contribution in [0, 0.1) is 5.92 Å². The SMILES string of the molecule is CCCC(CCO)CN=C(NCC)NCCOc1cccc(Cl)c1. The molecule has 1 aromatic carbocycles. The molecule has 0 aliphatic rings. The lowest BCUT2D eigenvalue weighted by Gasteiger charge is -2.15. The van der Waals surface area contributed by atoms with Crippen LogP contribution in [0.5, 0.6) is 5.75 Å². The molecule has 0 saturated carbocycles. The minimum Gasteiger partial charge on any atom is -0.492 e. The first-order valence-corrected chi connectivity index (χ1v) is 9.08. The molecular formula is C18H30ClN3O2. The van der Waals surface area contributed by atoms with E-state index in [0.29, 0.717) is 24.1 Å². The van der Waals surface area contributed by atoms with Crippen molar-refractivity contribution in [1.82, 2.24) is 10.6 Å². The molecule has 0 radical (unpaired) electrons. The first-order valence-electron chi connectivity index (χ1n) is 8.71. The van der Waals surface area contributed by atoms with Gasteiger partial charge in [0.2, 0.25) is 0 Å². The number of ether oxygens (including phenoxy) is 1. The van der Waals surface area contributed by atoms with Gasteiger partial charge in [0.05, 0.1) is 6.54 Å². The molecule has 1 rings (SSSR count). The molecule has 0 fully saturated rings. The maximum absolute atomic E-state index is 9.13. The fourth-order valence-corrected chi connectivity index (χ4v) is 2.56. The standard InChI is InChI=1S/C18H30ClN3O2/c1-3-6-15(9-11-23)14-22-18(20-4-2)21-10-12-24-17-8-5-7-16(19)13-17/h5,7-8,13,15,23H,3-4,6,9-12,14H2,1-2H3,(H2,20,21,22). The highest BCUT2D eigenvalue weighted by molar-refractivity contribution is 6.30. The van der Waals surface area contributed by atoms with Crippen LogP contribution >= 0.6 is 11.6 Å². The van der Waals surface area contributed by atoms with Gasteiger partial charge in [-0.2, -0.15) is 0 Å². The molecule has 0 amide bonds. The quantitative estimate of drug-likeness (QED) is 0.324. The molecule has 0 aliphatic heterocycles. The Hall–Kier alpha value is -1.46. The van der Waals surface area contributed by atoms with Crippen molar-refractivity contribution in [3.8, 4) is 5.75 Å². The number of guanidine groups is 1. The van der Waals surface area contributed by atoms with Gasteiger partial charge in [-0.15, -0.1) is 0 Å². The molecule has 6 heteroatoms. The molecule has 0 aliphatic carbocycles. The zero-order valence-corrected chi connectivity index (χ0v) is 15.5. The number of aliphatic imine (C=N–C) groups is 1. The summed E-state index contributed by atoms with van der Waals surface area (Å²) < 4.78 is 5.66. The van der Waals surface area contributed by atoms with E-state index in [9.17, 15) is 0 Å². The van der Waals surface area contributed by atoms with Crippen molar-refractivity contribution >= 4 is 17.6 Å². The van der Waals surface area contributed by atoms with Crippen molar-refractivity contribution in [2.75, 3.05) is 32.8 Å². The molecule has 5 nitrogen and oxygen atoms in total. The van der Waals surface area contributed by atoms with Crippen LogP contribution in [-0.4, -0.2) is 43.9 Å². The molecule has 3 N–H and O–H groups in total. The van der Waals surface area contributed by atoms with Gasteiger partial charge in [0.25, 0.3) is 0 Å². The third kappa shape index (κ3) is 8.99. The van der Waals surface area contributed by atoms with E-state index in [0.717, 1.165) is 44.1 Å². The predicted octanol–water partition coefficient (Wildman–Crippen LogP) is 3.07. The fraction of sp³-hybridized carbons (Fsp3) is 0.611. The average Bonchev–Trinajstić information content (AvgIpc) is 2.56. The molecule has 1 unspecified atom stereocenters. The van der Waals surface area contributed by atoms with Crippen molar-refractivity contribution in [2.24, 2.45) is 10.9 Å². The molecule has 1 atom stereocenters. The maximum atomic E-state index is 9.13. The second kappa shape index (κ2) is 12.9. The van der Waals surface area contributed by atoms with Gasteiger partial charge in [-0.05, 0) is 43.9 Å². The summed E-state index contributed by atoms with van der Waals surface area (Å²) in [5, 5.41) is 16.3. The normalized spacial score (nSPS) is 12.8. The van der Waals surface area contributed by atoms with Crippen molar-refractivity contribution in [2.45, 2.75) is 33.1 Å². The van der Waals surface area contributed by atoms with Gasteiger partial charge in [0.1, 0.15) is 12.4 Å². The highest BCUT2D eigenvalue weighted by Crippen LogP contribution is 2.16. The largest absolute Gasteiger partial charge is 0.492 e. The highest BCUT2D eigenvalue weighted by Gasteiger charge is 2.07. The summed E-state index contributed by atoms with van der Waals surface area (Å²) in [6, 6.07) is 7.37. The van der Waals surface area contributed by atoms with Crippen molar-refractivity contribution in [1.29, 1.82) is 0 Å². The average molecular weight is 356 g/mol. The van der Waals surface area contributed by atoms with Crippen LogP contribution in [0.4, 0.5) is 0 Å². The number of nitrogens with zero attached hydrogens (tertiary/aromatic N) is 1. The summed E-state index contributed by atoms with van der Waals surface area (Å²) >= 11 is 5.93. The molecule has 0 aromatic heterocycles. The zero-order valence-electron chi connectivity index (χ0n) is 14.7. The topological polar surface area (TPSA) is 65.9 Å². The van der Waals surface area contributed by atoms with E-state index < -0.39 is 0 Å². The first-order chi connectivity index (χ1) is 11.7. The van der Waals surface area contributed by atoms with Crippen LogP contribution in [0.15, 0.2) is 29.3 Å². The molecule has 0 spiro atoms. The smallest absolute Gasteiger partial charge is 0.191 e. The molecule has 136 valence electrons. The van der Waals surface area contributed by atoms with Crippen LogP contribution < -0.4 is 15.4 Å². The van der Waals surface area contributed by atoms with Crippen LogP contribution in [0.3, 0.4) is 0 Å². The number of nitrogens with one attached hydrogen (secondary N) is 2. The zero-order chi connectivity index (χ0) is 17.6. The number of halogens is 1. The van der Waals surface area contributed by atoms with Gasteiger partial charge in [-0.1, -0.05) is 31.0 Å². The lowest BCUT2D eigenvalue weighted by molar-refractivity contribution is 0.253. The fourth-order valence-electron chi connectivity index (χ4n) is 2.37. The monoisotopic (exact) mass is 355 g/mol. The minimum atomic E-state index is 0.220. The third-order valence-electron chi connectivity index (χ3n) is 3.55. The van der Waals surface area contributed by atoms with Crippen molar-refractivity contribution in [3.63, 3.8) is 0 Å². The van der Waals surface area contributed by atoms with E-state index >= 15 is 0 Å². The Morgan fingerprint density at radius 2 is 2.12 bits per heavy atom. The Labute approximate surface area is 150 Å². The van der Waals surface area contributed by atoms with E-state index in [1.54, 1.807) is 6.07 Å². The van der Waals surface area contributed by atoms with Crippen molar-refractivity contribution < 1.29 is 9.84 Å². The Morgan fingerprint density at radius 1 is 1.29 bits per heavy atom. The van der Waals surface area contributed by atoms with Gasteiger partial charge in [0.15, 0.2) is 5.96 Å². The van der Waals surface area contributed by atoms with Crippen LogP contribution in [0.1, 0.15) is 33.1 Å². The Bertz CT molecular complexity index is 477.